The minimum atomic E-state index is 0.118. The van der Waals surface area contributed by atoms with Gasteiger partial charge in [0.2, 0.25) is 11.9 Å². The van der Waals surface area contributed by atoms with Crippen LogP contribution in [0, 0.1) is 5.92 Å². The minimum absolute atomic E-state index is 0.118. The lowest BCUT2D eigenvalue weighted by Crippen LogP contribution is -2.51. The van der Waals surface area contributed by atoms with E-state index in [9.17, 15) is 4.79 Å². The number of amides is 1. The first-order chi connectivity index (χ1) is 15.9. The largest absolute Gasteiger partial charge is 0.339 e. The lowest BCUT2D eigenvalue weighted by atomic mass is 9.86. The summed E-state index contributed by atoms with van der Waals surface area (Å²) in [7, 11) is 0. The van der Waals surface area contributed by atoms with Gasteiger partial charge in [0.15, 0.2) is 0 Å². The highest BCUT2D eigenvalue weighted by molar-refractivity contribution is 5.79. The van der Waals surface area contributed by atoms with E-state index in [1.54, 1.807) is 6.20 Å². The Bertz CT molecular complexity index is 1120. The molecule has 0 N–H and O–H groups in total. The van der Waals surface area contributed by atoms with E-state index in [-0.39, 0.29) is 11.3 Å². The second-order valence-corrected chi connectivity index (χ2v) is 10.4. The molecule has 2 aliphatic rings. The first-order valence-electron chi connectivity index (χ1n) is 12.3. The van der Waals surface area contributed by atoms with E-state index in [0.717, 1.165) is 50.3 Å². The highest BCUT2D eigenvalue weighted by atomic mass is 16.2. The highest BCUT2D eigenvalue weighted by Gasteiger charge is 2.29. The quantitative estimate of drug-likeness (QED) is 0.600. The lowest BCUT2D eigenvalue weighted by molar-refractivity contribution is -0.136. The monoisotopic (exact) mass is 446 g/mol. The number of aromatic nitrogens is 4. The Balaban J connectivity index is 1.32. The van der Waals surface area contributed by atoms with Gasteiger partial charge < -0.3 is 9.80 Å². The second-order valence-electron chi connectivity index (χ2n) is 10.4. The molecule has 0 spiro atoms. The van der Waals surface area contributed by atoms with E-state index < -0.39 is 0 Å². The van der Waals surface area contributed by atoms with Crippen molar-refractivity contribution in [2.45, 2.75) is 58.3 Å². The van der Waals surface area contributed by atoms with Gasteiger partial charge in [-0.15, -0.1) is 5.10 Å². The molecule has 1 saturated heterocycles. The molecule has 1 saturated carbocycles. The van der Waals surface area contributed by atoms with E-state index in [1.807, 2.05) is 15.5 Å². The van der Waals surface area contributed by atoms with Gasteiger partial charge >= 0.3 is 0 Å². The van der Waals surface area contributed by atoms with E-state index in [4.69, 9.17) is 10.1 Å². The van der Waals surface area contributed by atoms with Gasteiger partial charge in [0.05, 0.1) is 5.69 Å². The number of anilines is 1. The minimum Gasteiger partial charge on any atom is -0.339 e. The zero-order valence-corrected chi connectivity index (χ0v) is 20.0. The van der Waals surface area contributed by atoms with Gasteiger partial charge in [-0.25, -0.2) is 4.98 Å². The lowest BCUT2D eigenvalue weighted by Gasteiger charge is -2.36. The molecular weight excluding hydrogens is 412 g/mol. The zero-order valence-electron chi connectivity index (χ0n) is 20.0. The summed E-state index contributed by atoms with van der Waals surface area (Å²) in [6.45, 7) is 9.64. The molecule has 5 rings (SSSR count). The Morgan fingerprint density at radius 2 is 1.64 bits per heavy atom. The summed E-state index contributed by atoms with van der Waals surface area (Å²) in [5.74, 6) is 1.86. The molecular formula is C26H34N6O. The van der Waals surface area contributed by atoms with Gasteiger partial charge in [0.25, 0.3) is 5.78 Å². The average Bonchev–Trinajstić information content (AvgIpc) is 3.28. The highest BCUT2D eigenvalue weighted by Crippen LogP contribution is 2.28. The maximum atomic E-state index is 12.9. The molecule has 0 bridgehead atoms. The van der Waals surface area contributed by atoms with Gasteiger partial charge in [-0.3, -0.25) is 4.79 Å². The summed E-state index contributed by atoms with van der Waals surface area (Å²) in [5, 5.41) is 4.81. The third-order valence-electron chi connectivity index (χ3n) is 7.10. The van der Waals surface area contributed by atoms with E-state index in [0.29, 0.717) is 17.6 Å². The third-order valence-corrected chi connectivity index (χ3v) is 7.10. The van der Waals surface area contributed by atoms with E-state index in [2.05, 4.69) is 54.9 Å². The molecule has 0 unspecified atom stereocenters. The molecule has 1 aromatic carbocycles. The second kappa shape index (κ2) is 8.76. The number of nitrogens with zero attached hydrogens (tertiary/aromatic N) is 6. The molecule has 2 aromatic heterocycles. The summed E-state index contributed by atoms with van der Waals surface area (Å²) in [6.07, 6.45) is 7.55. The Morgan fingerprint density at radius 3 is 2.30 bits per heavy atom. The molecule has 1 aliphatic carbocycles. The van der Waals surface area contributed by atoms with Crippen molar-refractivity contribution in [3.05, 3.63) is 42.1 Å². The Hall–Kier alpha value is -2.96. The van der Waals surface area contributed by atoms with Crippen molar-refractivity contribution in [3.8, 4) is 11.3 Å². The smallest absolute Gasteiger partial charge is 0.254 e. The van der Waals surface area contributed by atoms with Crippen molar-refractivity contribution in [3.63, 3.8) is 0 Å². The number of rotatable bonds is 3. The molecule has 1 aliphatic heterocycles. The predicted molar refractivity (Wildman–Crippen MR) is 130 cm³/mol. The standard InChI is InChI=1S/C26H34N6O/c1-26(2,3)21-11-9-19(10-12-21)22-13-14-27-24-28-25(29-32(22)24)31-17-15-30(16-18-31)23(33)20-7-5-4-6-8-20/h9-14,20H,4-8,15-18H2,1-3H3. The molecule has 2 fully saturated rings. The number of piperazine rings is 1. The van der Waals surface area contributed by atoms with Gasteiger partial charge in [-0.2, -0.15) is 9.50 Å². The molecule has 0 radical (unpaired) electrons. The van der Waals surface area contributed by atoms with Crippen molar-refractivity contribution in [1.82, 2.24) is 24.5 Å². The molecule has 3 aromatic rings. The fraction of sp³-hybridized carbons (Fsp3) is 0.538. The molecule has 3 heterocycles. The van der Waals surface area contributed by atoms with Crippen LogP contribution in [0.4, 0.5) is 5.95 Å². The number of carbonyl (C=O) groups excluding carboxylic acids is 1. The molecule has 1 amide bonds. The topological polar surface area (TPSA) is 66.6 Å². The van der Waals surface area contributed by atoms with Crippen LogP contribution in [-0.2, 0) is 10.2 Å². The summed E-state index contributed by atoms with van der Waals surface area (Å²) in [5.41, 5.74) is 3.49. The molecule has 174 valence electrons. The molecule has 7 nitrogen and oxygen atoms in total. The van der Waals surface area contributed by atoms with Crippen molar-refractivity contribution >= 4 is 17.6 Å². The number of benzene rings is 1. The van der Waals surface area contributed by atoms with Crippen LogP contribution in [0.1, 0.15) is 58.4 Å². The number of hydrogen-bond donors (Lipinski definition) is 0. The predicted octanol–water partition coefficient (Wildman–Crippen LogP) is 4.32. The van der Waals surface area contributed by atoms with Crippen molar-refractivity contribution in [2.75, 3.05) is 31.1 Å². The average molecular weight is 447 g/mol. The van der Waals surface area contributed by atoms with Crippen molar-refractivity contribution in [2.24, 2.45) is 5.92 Å². The summed E-state index contributed by atoms with van der Waals surface area (Å²) >= 11 is 0. The van der Waals surface area contributed by atoms with Crippen LogP contribution in [0.5, 0.6) is 0 Å². The van der Waals surface area contributed by atoms with Crippen LogP contribution in [0.3, 0.4) is 0 Å². The first-order valence-corrected chi connectivity index (χ1v) is 12.3. The number of fused-ring (bicyclic) bond motifs is 1. The van der Waals surface area contributed by atoms with Gasteiger partial charge in [0, 0.05) is 43.9 Å². The SMILES string of the molecule is CC(C)(C)c1ccc(-c2ccnc3nc(N4CCN(C(=O)C5CCCCC5)CC4)nn23)cc1. The van der Waals surface area contributed by atoms with Crippen molar-refractivity contribution in [1.29, 1.82) is 0 Å². The molecule has 33 heavy (non-hydrogen) atoms. The van der Waals surface area contributed by atoms with Crippen LogP contribution < -0.4 is 4.90 Å². The summed E-state index contributed by atoms with van der Waals surface area (Å²) in [4.78, 5) is 26.2. The fourth-order valence-corrected chi connectivity index (χ4v) is 5.01. The van der Waals surface area contributed by atoms with Gasteiger partial charge in [0.1, 0.15) is 0 Å². The van der Waals surface area contributed by atoms with Gasteiger partial charge in [-0.05, 0) is 29.9 Å². The first kappa shape index (κ1) is 21.9. The van der Waals surface area contributed by atoms with Crippen LogP contribution in [0.2, 0.25) is 0 Å². The summed E-state index contributed by atoms with van der Waals surface area (Å²) in [6, 6.07) is 10.6. The molecule has 7 heteroatoms. The molecule has 0 atom stereocenters. The van der Waals surface area contributed by atoms with E-state index >= 15 is 0 Å². The maximum Gasteiger partial charge on any atom is 0.254 e. The number of carbonyl (C=O) groups is 1. The Morgan fingerprint density at radius 1 is 0.939 bits per heavy atom. The van der Waals surface area contributed by atoms with Crippen molar-refractivity contribution < 1.29 is 4.79 Å². The Kier molecular flexibility index (Phi) is 5.81. The zero-order chi connectivity index (χ0) is 23.0. The van der Waals surface area contributed by atoms with Crippen LogP contribution in [0.25, 0.3) is 17.0 Å². The fourth-order valence-electron chi connectivity index (χ4n) is 5.01. The van der Waals surface area contributed by atoms with Crippen LogP contribution >= 0.6 is 0 Å². The Labute approximate surface area is 195 Å². The third kappa shape index (κ3) is 4.45. The van der Waals surface area contributed by atoms with E-state index in [1.165, 1.54) is 24.8 Å². The van der Waals surface area contributed by atoms with Crippen LogP contribution in [-0.4, -0.2) is 56.6 Å². The number of hydrogen-bond acceptors (Lipinski definition) is 5. The van der Waals surface area contributed by atoms with Gasteiger partial charge in [-0.1, -0.05) is 64.3 Å². The maximum absolute atomic E-state index is 12.9. The summed E-state index contributed by atoms with van der Waals surface area (Å²) < 4.78 is 1.83. The van der Waals surface area contributed by atoms with Crippen LogP contribution in [0.15, 0.2) is 36.5 Å². The normalized spacial score (nSPS) is 18.2.